The van der Waals surface area contributed by atoms with Gasteiger partial charge in [-0.25, -0.2) is 0 Å². The SMILES string of the molecule is CC(C)(C)[Si](C)(C)OCCCCC1CCCC(CCCCO[Si](C)(C)C(C)(C)C)C1=O. The number of ketones is 1. The van der Waals surface area contributed by atoms with Crippen LogP contribution in [-0.2, 0) is 13.6 Å². The summed E-state index contributed by atoms with van der Waals surface area (Å²) in [7, 11) is -3.28. The summed E-state index contributed by atoms with van der Waals surface area (Å²) in [5, 5.41) is 0.546. The first-order valence-corrected chi connectivity index (χ1v) is 18.7. The molecule has 0 N–H and O–H groups in total. The summed E-state index contributed by atoms with van der Waals surface area (Å²) in [5.74, 6) is 1.16. The Balaban J connectivity index is 2.28. The van der Waals surface area contributed by atoms with Crippen LogP contribution >= 0.6 is 0 Å². The van der Waals surface area contributed by atoms with Crippen molar-refractivity contribution in [2.45, 2.75) is 136 Å². The molecule has 0 aromatic heterocycles. The quantitative estimate of drug-likeness (QED) is 0.212. The van der Waals surface area contributed by atoms with Crippen LogP contribution in [0.4, 0.5) is 0 Å². The first kappa shape index (κ1) is 29.1. The fourth-order valence-electron chi connectivity index (χ4n) is 3.87. The van der Waals surface area contributed by atoms with Crippen molar-refractivity contribution in [2.75, 3.05) is 13.2 Å². The highest BCUT2D eigenvalue weighted by Crippen LogP contribution is 2.38. The molecule has 0 bridgehead atoms. The smallest absolute Gasteiger partial charge is 0.191 e. The van der Waals surface area contributed by atoms with E-state index >= 15 is 0 Å². The van der Waals surface area contributed by atoms with Gasteiger partial charge in [0.1, 0.15) is 5.78 Å². The Morgan fingerprint density at radius 3 is 1.39 bits per heavy atom. The van der Waals surface area contributed by atoms with E-state index in [1.165, 1.54) is 6.42 Å². The van der Waals surface area contributed by atoms with Crippen LogP contribution in [0.2, 0.25) is 36.3 Å². The van der Waals surface area contributed by atoms with Crippen molar-refractivity contribution in [1.82, 2.24) is 0 Å². The molecule has 1 saturated carbocycles. The van der Waals surface area contributed by atoms with Crippen molar-refractivity contribution in [3.8, 4) is 0 Å². The maximum atomic E-state index is 13.0. The molecular weight excluding hydrogens is 416 g/mol. The molecule has 0 saturated heterocycles. The van der Waals surface area contributed by atoms with Gasteiger partial charge in [-0.2, -0.15) is 0 Å². The largest absolute Gasteiger partial charge is 0.417 e. The molecule has 0 amide bonds. The molecule has 0 spiro atoms. The van der Waals surface area contributed by atoms with Gasteiger partial charge in [0, 0.05) is 25.0 Å². The Morgan fingerprint density at radius 1 is 0.710 bits per heavy atom. The molecule has 184 valence electrons. The topological polar surface area (TPSA) is 35.5 Å². The van der Waals surface area contributed by atoms with Crippen LogP contribution in [0, 0.1) is 11.8 Å². The highest BCUT2D eigenvalue weighted by molar-refractivity contribution is 6.74. The summed E-state index contributed by atoms with van der Waals surface area (Å²) in [6, 6.07) is 0. The maximum Gasteiger partial charge on any atom is 0.191 e. The molecule has 2 atom stereocenters. The van der Waals surface area contributed by atoms with E-state index in [4.69, 9.17) is 8.85 Å². The van der Waals surface area contributed by atoms with Gasteiger partial charge < -0.3 is 8.85 Å². The second-order valence-electron chi connectivity index (χ2n) is 12.9. The molecule has 0 aromatic rings. The van der Waals surface area contributed by atoms with E-state index in [-0.39, 0.29) is 10.1 Å². The van der Waals surface area contributed by atoms with E-state index < -0.39 is 16.6 Å². The zero-order valence-electron chi connectivity index (χ0n) is 22.7. The van der Waals surface area contributed by atoms with Crippen LogP contribution in [-0.4, -0.2) is 35.6 Å². The van der Waals surface area contributed by atoms with Gasteiger partial charge >= 0.3 is 0 Å². The molecule has 0 heterocycles. The van der Waals surface area contributed by atoms with Crippen LogP contribution < -0.4 is 0 Å². The standard InChI is InChI=1S/C26H54O3Si2/c1-25(2,3)30(7,8)28-20-13-11-16-22-18-15-19-23(24(22)27)17-12-14-21-29-31(9,10)26(4,5)6/h22-23H,11-21H2,1-10H3. The highest BCUT2D eigenvalue weighted by atomic mass is 28.4. The van der Waals surface area contributed by atoms with Crippen LogP contribution in [0.15, 0.2) is 0 Å². The number of hydrogen-bond acceptors (Lipinski definition) is 3. The van der Waals surface area contributed by atoms with Gasteiger partial charge in [-0.15, -0.1) is 0 Å². The summed E-state index contributed by atoms with van der Waals surface area (Å²) >= 11 is 0. The van der Waals surface area contributed by atoms with Gasteiger partial charge in [0.15, 0.2) is 16.6 Å². The lowest BCUT2D eigenvalue weighted by molar-refractivity contribution is -0.129. The highest BCUT2D eigenvalue weighted by Gasteiger charge is 2.38. The van der Waals surface area contributed by atoms with Crippen LogP contribution in [0.5, 0.6) is 0 Å². The summed E-state index contributed by atoms with van der Waals surface area (Å²) in [6.45, 7) is 24.7. The Kier molecular flexibility index (Phi) is 11.2. The minimum absolute atomic E-state index is 0.273. The van der Waals surface area contributed by atoms with E-state index in [2.05, 4.69) is 67.7 Å². The molecule has 3 nitrogen and oxygen atoms in total. The fourth-order valence-corrected chi connectivity index (χ4v) is 6.05. The third-order valence-corrected chi connectivity index (χ3v) is 17.4. The van der Waals surface area contributed by atoms with Crippen molar-refractivity contribution in [3.63, 3.8) is 0 Å². The van der Waals surface area contributed by atoms with Crippen molar-refractivity contribution in [3.05, 3.63) is 0 Å². The lowest BCUT2D eigenvalue weighted by atomic mass is 9.76. The monoisotopic (exact) mass is 470 g/mol. The van der Waals surface area contributed by atoms with Crippen molar-refractivity contribution in [2.24, 2.45) is 11.8 Å². The Morgan fingerprint density at radius 2 is 1.06 bits per heavy atom. The minimum atomic E-state index is -1.64. The lowest BCUT2D eigenvalue weighted by Crippen LogP contribution is -2.41. The molecule has 0 aromatic carbocycles. The van der Waals surface area contributed by atoms with Crippen LogP contribution in [0.3, 0.4) is 0 Å². The van der Waals surface area contributed by atoms with E-state index in [9.17, 15) is 4.79 Å². The predicted octanol–water partition coefficient (Wildman–Crippen LogP) is 8.36. The van der Waals surface area contributed by atoms with Gasteiger partial charge in [-0.05, 0) is 74.8 Å². The number of rotatable bonds is 12. The summed E-state index contributed by atoms with van der Waals surface area (Å²) in [6.07, 6.45) is 9.98. The molecule has 1 aliphatic rings. The van der Waals surface area contributed by atoms with Crippen molar-refractivity contribution >= 4 is 22.4 Å². The Labute approximate surface area is 196 Å². The Bertz CT molecular complexity index is 498. The van der Waals surface area contributed by atoms with E-state index in [0.717, 1.165) is 64.6 Å². The molecule has 1 aliphatic carbocycles. The zero-order valence-corrected chi connectivity index (χ0v) is 24.7. The molecule has 0 radical (unpaired) electrons. The van der Waals surface area contributed by atoms with Gasteiger partial charge in [0.25, 0.3) is 0 Å². The van der Waals surface area contributed by atoms with Crippen molar-refractivity contribution in [1.29, 1.82) is 0 Å². The van der Waals surface area contributed by atoms with Crippen LogP contribution in [0.1, 0.15) is 99.3 Å². The molecule has 31 heavy (non-hydrogen) atoms. The summed E-state index contributed by atoms with van der Waals surface area (Å²) < 4.78 is 12.6. The number of carbonyl (C=O) groups is 1. The van der Waals surface area contributed by atoms with E-state index in [0.29, 0.717) is 17.6 Å². The average molecular weight is 471 g/mol. The summed E-state index contributed by atoms with van der Waals surface area (Å²) in [5.41, 5.74) is 0. The van der Waals surface area contributed by atoms with E-state index in [1.807, 2.05) is 0 Å². The second kappa shape index (κ2) is 11.9. The predicted molar refractivity (Wildman–Crippen MR) is 140 cm³/mol. The molecule has 1 rings (SSSR count). The number of unbranched alkanes of at least 4 members (excludes halogenated alkanes) is 2. The van der Waals surface area contributed by atoms with Gasteiger partial charge in [0.2, 0.25) is 0 Å². The summed E-state index contributed by atoms with van der Waals surface area (Å²) in [4.78, 5) is 13.0. The minimum Gasteiger partial charge on any atom is -0.417 e. The maximum absolute atomic E-state index is 13.0. The van der Waals surface area contributed by atoms with Gasteiger partial charge in [0.05, 0.1) is 0 Å². The molecule has 1 fully saturated rings. The average Bonchev–Trinajstić information content (AvgIpc) is 2.61. The molecular formula is C26H54O3Si2. The third kappa shape index (κ3) is 9.42. The molecule has 5 heteroatoms. The lowest BCUT2D eigenvalue weighted by Gasteiger charge is -2.36. The van der Waals surface area contributed by atoms with Gasteiger partial charge in [-0.3, -0.25) is 4.79 Å². The van der Waals surface area contributed by atoms with Crippen molar-refractivity contribution < 1.29 is 13.6 Å². The number of carbonyl (C=O) groups excluding carboxylic acids is 1. The molecule has 0 aliphatic heterocycles. The second-order valence-corrected chi connectivity index (χ2v) is 22.6. The number of hydrogen-bond donors (Lipinski definition) is 0. The first-order chi connectivity index (χ1) is 14.1. The van der Waals surface area contributed by atoms with E-state index in [1.54, 1.807) is 0 Å². The molecule has 2 unspecified atom stereocenters. The van der Waals surface area contributed by atoms with Gasteiger partial charge in [-0.1, -0.05) is 60.8 Å². The first-order valence-electron chi connectivity index (χ1n) is 12.9. The zero-order chi connectivity index (χ0) is 23.9. The number of Topliss-reactive ketones (excluding diaryl/α,β-unsaturated/α-hetero) is 1. The van der Waals surface area contributed by atoms with Crippen LogP contribution in [0.25, 0.3) is 0 Å². The third-order valence-electron chi connectivity index (χ3n) is 8.34. The normalized spacial score (nSPS) is 21.5. The Hall–Kier alpha value is 0.0238. The fraction of sp³-hybridized carbons (Fsp3) is 0.962.